The van der Waals surface area contributed by atoms with Crippen molar-refractivity contribution in [3.05, 3.63) is 102 Å². The van der Waals surface area contributed by atoms with Crippen molar-refractivity contribution in [3.8, 4) is 28.3 Å². The van der Waals surface area contributed by atoms with Crippen molar-refractivity contribution in [1.82, 2.24) is 20.6 Å². The van der Waals surface area contributed by atoms with Crippen LogP contribution in [0.2, 0.25) is 0 Å². The lowest BCUT2D eigenvalue weighted by Crippen LogP contribution is -2.48. The van der Waals surface area contributed by atoms with Crippen molar-refractivity contribution in [2.24, 2.45) is 0 Å². The van der Waals surface area contributed by atoms with E-state index < -0.39 is 17.9 Å². The second kappa shape index (κ2) is 18.3. The number of benzene rings is 3. The summed E-state index contributed by atoms with van der Waals surface area (Å²) in [6.07, 6.45) is 9.60. The van der Waals surface area contributed by atoms with Crippen molar-refractivity contribution < 1.29 is 24.2 Å². The Morgan fingerprint density at radius 2 is 1.44 bits per heavy atom. The minimum Gasteiger partial charge on any atom is -0.494 e. The number of carboxylic acids is 1. The van der Waals surface area contributed by atoms with Gasteiger partial charge in [-0.25, -0.2) is 9.97 Å². The SMILES string of the molecule is CCCCCCCOc1ccc(-c2cnc(-c3ccc(CC(NC(=O)c4ccc(C(C)C)cc4)C(=O)NCCC(=O)O)cc3)nc2)cc1. The number of hydrogen-bond donors (Lipinski definition) is 3. The summed E-state index contributed by atoms with van der Waals surface area (Å²) in [5, 5.41) is 14.4. The number of nitrogens with zero attached hydrogens (tertiary/aromatic N) is 2. The van der Waals surface area contributed by atoms with Crippen LogP contribution >= 0.6 is 0 Å². The highest BCUT2D eigenvalue weighted by Gasteiger charge is 2.22. The summed E-state index contributed by atoms with van der Waals surface area (Å²) in [4.78, 5) is 46.2. The summed E-state index contributed by atoms with van der Waals surface area (Å²) in [6, 6.07) is 21.8. The van der Waals surface area contributed by atoms with E-state index in [1.807, 2.05) is 60.7 Å². The van der Waals surface area contributed by atoms with Crippen LogP contribution in [0, 0.1) is 0 Å². The number of unbranched alkanes of at least 4 members (excludes halogenated alkanes) is 4. The lowest BCUT2D eigenvalue weighted by Gasteiger charge is -2.19. The molecule has 1 unspecified atom stereocenters. The molecular weight excluding hydrogens is 604 g/mol. The van der Waals surface area contributed by atoms with Crippen LogP contribution in [0.15, 0.2) is 85.2 Å². The van der Waals surface area contributed by atoms with Gasteiger partial charge < -0.3 is 20.5 Å². The number of hydrogen-bond acceptors (Lipinski definition) is 6. The van der Waals surface area contributed by atoms with Gasteiger partial charge in [-0.2, -0.15) is 0 Å². The van der Waals surface area contributed by atoms with E-state index in [-0.39, 0.29) is 25.3 Å². The third-order valence-corrected chi connectivity index (χ3v) is 8.11. The quantitative estimate of drug-likeness (QED) is 0.0970. The standard InChI is InChI=1S/C39H46N4O5/c1-4-5-6-7-8-23-48-34-19-17-30(18-20-34)33-25-41-37(42-26-33)31-11-9-28(10-12-31)24-35(39(47)40-22-21-36(44)45)43-38(46)32-15-13-29(14-16-32)27(2)3/h9-20,25-27,35H,4-8,21-24H2,1-3H3,(H,40,47)(H,43,46)(H,44,45). The predicted molar refractivity (Wildman–Crippen MR) is 188 cm³/mol. The van der Waals surface area contributed by atoms with E-state index in [9.17, 15) is 14.4 Å². The molecule has 2 amide bonds. The van der Waals surface area contributed by atoms with Crippen LogP contribution in [0.25, 0.3) is 22.5 Å². The number of aromatic nitrogens is 2. The number of ether oxygens (including phenoxy) is 1. The van der Waals surface area contributed by atoms with Gasteiger partial charge in [0.05, 0.1) is 13.0 Å². The smallest absolute Gasteiger partial charge is 0.305 e. The van der Waals surface area contributed by atoms with E-state index in [1.165, 1.54) is 25.7 Å². The molecule has 3 N–H and O–H groups in total. The molecule has 252 valence electrons. The van der Waals surface area contributed by atoms with E-state index in [0.29, 0.717) is 17.3 Å². The van der Waals surface area contributed by atoms with Crippen LogP contribution in [-0.4, -0.2) is 52.1 Å². The van der Waals surface area contributed by atoms with Crippen LogP contribution in [0.1, 0.15) is 86.7 Å². The van der Waals surface area contributed by atoms with Gasteiger partial charge in [0.1, 0.15) is 11.8 Å². The molecule has 4 aromatic rings. The molecule has 0 fully saturated rings. The molecule has 0 spiro atoms. The van der Waals surface area contributed by atoms with Gasteiger partial charge in [-0.1, -0.05) is 95.0 Å². The van der Waals surface area contributed by atoms with Crippen LogP contribution in [0.5, 0.6) is 5.75 Å². The molecule has 0 saturated heterocycles. The lowest BCUT2D eigenvalue weighted by atomic mass is 10.0. The average molecular weight is 651 g/mol. The van der Waals surface area contributed by atoms with E-state index in [4.69, 9.17) is 9.84 Å². The average Bonchev–Trinajstić information content (AvgIpc) is 3.10. The van der Waals surface area contributed by atoms with Gasteiger partial charge in [0, 0.05) is 42.0 Å². The summed E-state index contributed by atoms with van der Waals surface area (Å²) < 4.78 is 5.88. The first-order chi connectivity index (χ1) is 23.2. The van der Waals surface area contributed by atoms with Crippen LogP contribution in [-0.2, 0) is 16.0 Å². The minimum atomic E-state index is -1.02. The van der Waals surface area contributed by atoms with E-state index in [0.717, 1.165) is 46.6 Å². The van der Waals surface area contributed by atoms with Gasteiger partial charge in [0.25, 0.3) is 5.91 Å². The first kappa shape index (κ1) is 35.8. The highest BCUT2D eigenvalue weighted by molar-refractivity contribution is 5.97. The molecule has 4 rings (SSSR count). The van der Waals surface area contributed by atoms with Gasteiger partial charge >= 0.3 is 5.97 Å². The molecule has 0 radical (unpaired) electrons. The first-order valence-electron chi connectivity index (χ1n) is 16.8. The van der Waals surface area contributed by atoms with E-state index in [1.54, 1.807) is 24.5 Å². The molecule has 1 atom stereocenters. The molecule has 0 aliphatic rings. The molecule has 9 nitrogen and oxygen atoms in total. The Balaban J connectivity index is 1.38. The number of rotatable bonds is 18. The van der Waals surface area contributed by atoms with E-state index in [2.05, 4.69) is 41.4 Å². The van der Waals surface area contributed by atoms with Crippen molar-refractivity contribution in [3.63, 3.8) is 0 Å². The van der Waals surface area contributed by atoms with Crippen molar-refractivity contribution in [1.29, 1.82) is 0 Å². The highest BCUT2D eigenvalue weighted by Crippen LogP contribution is 2.24. The fourth-order valence-corrected chi connectivity index (χ4v) is 5.18. The molecule has 9 heteroatoms. The summed E-state index contributed by atoms with van der Waals surface area (Å²) in [7, 11) is 0. The zero-order valence-electron chi connectivity index (χ0n) is 28.1. The van der Waals surface area contributed by atoms with Gasteiger partial charge in [-0.05, 0) is 53.3 Å². The Bertz CT molecular complexity index is 1600. The van der Waals surface area contributed by atoms with Gasteiger partial charge in [0.15, 0.2) is 5.82 Å². The Hall–Kier alpha value is -5.05. The molecule has 0 aliphatic carbocycles. The fourth-order valence-electron chi connectivity index (χ4n) is 5.18. The molecule has 0 bridgehead atoms. The topological polar surface area (TPSA) is 131 Å². The molecule has 1 heterocycles. The highest BCUT2D eigenvalue weighted by atomic mass is 16.5. The lowest BCUT2D eigenvalue weighted by molar-refractivity contribution is -0.137. The zero-order chi connectivity index (χ0) is 34.3. The summed E-state index contributed by atoms with van der Waals surface area (Å²) in [6.45, 7) is 7.05. The first-order valence-corrected chi connectivity index (χ1v) is 16.8. The second-order valence-corrected chi connectivity index (χ2v) is 12.2. The second-order valence-electron chi connectivity index (χ2n) is 12.2. The van der Waals surface area contributed by atoms with Crippen molar-refractivity contribution in [2.45, 2.75) is 77.7 Å². The monoisotopic (exact) mass is 650 g/mol. The van der Waals surface area contributed by atoms with Gasteiger partial charge in [-0.15, -0.1) is 0 Å². The van der Waals surface area contributed by atoms with Crippen LogP contribution in [0.3, 0.4) is 0 Å². The van der Waals surface area contributed by atoms with E-state index >= 15 is 0 Å². The third kappa shape index (κ3) is 11.0. The number of carbonyl (C=O) groups excluding carboxylic acids is 2. The maximum Gasteiger partial charge on any atom is 0.305 e. The Labute approximate surface area is 283 Å². The van der Waals surface area contributed by atoms with Gasteiger partial charge in [0.2, 0.25) is 5.91 Å². The third-order valence-electron chi connectivity index (χ3n) is 8.11. The van der Waals surface area contributed by atoms with Crippen molar-refractivity contribution in [2.75, 3.05) is 13.2 Å². The molecule has 0 aliphatic heterocycles. The van der Waals surface area contributed by atoms with Crippen molar-refractivity contribution >= 4 is 17.8 Å². The number of nitrogens with one attached hydrogen (secondary N) is 2. The molecule has 0 saturated carbocycles. The summed E-state index contributed by atoms with van der Waals surface area (Å²) >= 11 is 0. The van der Waals surface area contributed by atoms with Crippen LogP contribution < -0.4 is 15.4 Å². The summed E-state index contributed by atoms with van der Waals surface area (Å²) in [5.41, 5.74) is 5.06. The van der Waals surface area contributed by atoms with Crippen LogP contribution in [0.4, 0.5) is 0 Å². The Morgan fingerprint density at radius 3 is 2.06 bits per heavy atom. The number of amides is 2. The predicted octanol–water partition coefficient (Wildman–Crippen LogP) is 7.22. The normalized spacial score (nSPS) is 11.6. The number of carboxylic acid groups (broad SMARTS) is 1. The van der Waals surface area contributed by atoms with Gasteiger partial charge in [-0.3, -0.25) is 14.4 Å². The molecule has 1 aromatic heterocycles. The minimum absolute atomic E-state index is 0.0347. The maximum atomic E-state index is 13.1. The number of carbonyl (C=O) groups is 3. The molecule has 48 heavy (non-hydrogen) atoms. The Morgan fingerprint density at radius 1 is 0.792 bits per heavy atom. The maximum absolute atomic E-state index is 13.1. The zero-order valence-corrected chi connectivity index (χ0v) is 28.1. The number of aliphatic carboxylic acids is 1. The molecular formula is C39H46N4O5. The molecule has 3 aromatic carbocycles. The summed E-state index contributed by atoms with van der Waals surface area (Å²) in [5.74, 6) is -0.102. The largest absolute Gasteiger partial charge is 0.494 e. The Kier molecular flexibility index (Phi) is 13.7. The fraction of sp³-hybridized carbons (Fsp3) is 0.359.